The van der Waals surface area contributed by atoms with Crippen molar-refractivity contribution in [1.29, 1.82) is 0 Å². The average Bonchev–Trinajstić information content (AvgIpc) is 2.85. The lowest BCUT2D eigenvalue weighted by molar-refractivity contribution is 0.573. The van der Waals surface area contributed by atoms with E-state index in [1.807, 2.05) is 30.6 Å². The van der Waals surface area contributed by atoms with Crippen molar-refractivity contribution in [2.24, 2.45) is 0 Å². The first-order valence-electron chi connectivity index (χ1n) is 11.0. The van der Waals surface area contributed by atoms with Crippen molar-refractivity contribution in [3.63, 3.8) is 0 Å². The molecule has 5 rings (SSSR count). The number of benzene rings is 2. The highest BCUT2D eigenvalue weighted by Crippen LogP contribution is 2.29. The van der Waals surface area contributed by atoms with Crippen molar-refractivity contribution >= 4 is 5.82 Å². The number of pyridine rings is 1. The predicted octanol–water partition coefficient (Wildman–Crippen LogP) is 6.17. The molecule has 1 aliphatic rings. The van der Waals surface area contributed by atoms with Gasteiger partial charge in [-0.2, -0.15) is 0 Å². The molecule has 1 aliphatic heterocycles. The van der Waals surface area contributed by atoms with Crippen LogP contribution in [0.15, 0.2) is 79.1 Å². The normalized spacial score (nSPS) is 13.9. The first kappa shape index (κ1) is 19.4. The molecule has 4 aromatic rings. The van der Waals surface area contributed by atoms with E-state index in [2.05, 4.69) is 65.3 Å². The molecule has 0 aliphatic carbocycles. The Morgan fingerprint density at radius 3 is 2.19 bits per heavy atom. The number of aromatic nitrogens is 3. The summed E-state index contributed by atoms with van der Waals surface area (Å²) < 4.78 is 0. The number of anilines is 1. The minimum absolute atomic E-state index is 0.763. The molecule has 2 aromatic heterocycles. The maximum Gasteiger partial charge on any atom is 0.162 e. The second kappa shape index (κ2) is 8.68. The van der Waals surface area contributed by atoms with Gasteiger partial charge in [0, 0.05) is 48.2 Å². The van der Waals surface area contributed by atoms with Gasteiger partial charge in [0.15, 0.2) is 5.82 Å². The predicted molar refractivity (Wildman–Crippen MR) is 127 cm³/mol. The summed E-state index contributed by atoms with van der Waals surface area (Å²) in [6.07, 6.45) is 7.53. The van der Waals surface area contributed by atoms with Crippen LogP contribution in [0.1, 0.15) is 24.8 Å². The largest absolute Gasteiger partial charge is 0.356 e. The molecule has 0 bridgehead atoms. The summed E-state index contributed by atoms with van der Waals surface area (Å²) in [5.41, 5.74) is 6.46. The number of rotatable bonds is 4. The standard InChI is InChI=1S/C27H26N4/c1-20-10-12-21(13-11-20)23-16-24(19-28-18-23)25-17-26(31-14-6-3-7-15-31)30-27(29-25)22-8-4-2-5-9-22/h2,4-5,8-13,16-19H,3,6-7,14-15H2,1H3. The van der Waals surface area contributed by atoms with Crippen LogP contribution in [0.5, 0.6) is 0 Å². The zero-order valence-corrected chi connectivity index (χ0v) is 17.8. The van der Waals surface area contributed by atoms with Crippen molar-refractivity contribution in [3.05, 3.63) is 84.7 Å². The van der Waals surface area contributed by atoms with E-state index in [0.717, 1.165) is 52.7 Å². The molecule has 0 saturated carbocycles. The molecule has 0 N–H and O–H groups in total. The number of piperidine rings is 1. The van der Waals surface area contributed by atoms with Gasteiger partial charge in [0.1, 0.15) is 5.82 Å². The Kier molecular flexibility index (Phi) is 5.44. The highest BCUT2D eigenvalue weighted by Gasteiger charge is 2.16. The van der Waals surface area contributed by atoms with E-state index in [1.54, 1.807) is 0 Å². The molecule has 1 fully saturated rings. The van der Waals surface area contributed by atoms with Gasteiger partial charge in [0.05, 0.1) is 5.69 Å². The quantitative estimate of drug-likeness (QED) is 0.406. The topological polar surface area (TPSA) is 41.9 Å². The second-order valence-corrected chi connectivity index (χ2v) is 8.18. The summed E-state index contributed by atoms with van der Waals surface area (Å²) in [6, 6.07) is 23.1. The van der Waals surface area contributed by atoms with Crippen LogP contribution in [0.4, 0.5) is 5.82 Å². The molecule has 4 heteroatoms. The lowest BCUT2D eigenvalue weighted by atomic mass is 10.0. The van der Waals surface area contributed by atoms with Crippen LogP contribution in [0.25, 0.3) is 33.8 Å². The smallest absolute Gasteiger partial charge is 0.162 e. The maximum atomic E-state index is 4.94. The van der Waals surface area contributed by atoms with E-state index in [1.165, 1.54) is 24.8 Å². The number of hydrogen-bond acceptors (Lipinski definition) is 4. The van der Waals surface area contributed by atoms with Crippen LogP contribution < -0.4 is 4.90 Å². The third kappa shape index (κ3) is 4.33. The molecule has 0 radical (unpaired) electrons. The fourth-order valence-corrected chi connectivity index (χ4v) is 4.07. The van der Waals surface area contributed by atoms with Crippen LogP contribution >= 0.6 is 0 Å². The lowest BCUT2D eigenvalue weighted by Gasteiger charge is -2.28. The lowest BCUT2D eigenvalue weighted by Crippen LogP contribution is -2.30. The van der Waals surface area contributed by atoms with Gasteiger partial charge < -0.3 is 4.90 Å². The molecular weight excluding hydrogens is 380 g/mol. The number of aryl methyl sites for hydroxylation is 1. The average molecular weight is 407 g/mol. The Balaban J connectivity index is 1.59. The van der Waals surface area contributed by atoms with Gasteiger partial charge in [-0.1, -0.05) is 60.2 Å². The monoisotopic (exact) mass is 406 g/mol. The van der Waals surface area contributed by atoms with Gasteiger partial charge in [-0.25, -0.2) is 9.97 Å². The van der Waals surface area contributed by atoms with Crippen molar-refractivity contribution in [3.8, 4) is 33.8 Å². The summed E-state index contributed by atoms with van der Waals surface area (Å²) in [5, 5.41) is 0. The van der Waals surface area contributed by atoms with E-state index in [4.69, 9.17) is 9.97 Å². The van der Waals surface area contributed by atoms with Crippen LogP contribution in [0.3, 0.4) is 0 Å². The maximum absolute atomic E-state index is 4.94. The molecule has 2 aromatic carbocycles. The molecule has 0 amide bonds. The Hall–Kier alpha value is -3.53. The molecule has 154 valence electrons. The van der Waals surface area contributed by atoms with Crippen molar-refractivity contribution < 1.29 is 0 Å². The Labute approximate surface area is 183 Å². The fraction of sp³-hybridized carbons (Fsp3) is 0.222. The SMILES string of the molecule is Cc1ccc(-c2cncc(-c3cc(N4CCCCC4)nc(-c4ccccc4)n3)c2)cc1. The molecule has 3 heterocycles. The van der Waals surface area contributed by atoms with Gasteiger partial charge in [0.25, 0.3) is 0 Å². The summed E-state index contributed by atoms with van der Waals surface area (Å²) in [5.74, 6) is 1.77. The van der Waals surface area contributed by atoms with Gasteiger partial charge in [-0.15, -0.1) is 0 Å². The third-order valence-electron chi connectivity index (χ3n) is 5.84. The summed E-state index contributed by atoms with van der Waals surface area (Å²) in [4.78, 5) is 16.8. The second-order valence-electron chi connectivity index (χ2n) is 8.18. The molecular formula is C27H26N4. The van der Waals surface area contributed by atoms with Gasteiger partial charge in [-0.3, -0.25) is 4.98 Å². The van der Waals surface area contributed by atoms with Gasteiger partial charge >= 0.3 is 0 Å². The third-order valence-corrected chi connectivity index (χ3v) is 5.84. The van der Waals surface area contributed by atoms with Crippen LogP contribution in [-0.4, -0.2) is 28.0 Å². The zero-order valence-electron chi connectivity index (χ0n) is 17.8. The molecule has 4 nitrogen and oxygen atoms in total. The summed E-state index contributed by atoms with van der Waals surface area (Å²) in [6.45, 7) is 4.20. The highest BCUT2D eigenvalue weighted by atomic mass is 15.2. The fourth-order valence-electron chi connectivity index (χ4n) is 4.07. The minimum atomic E-state index is 0.763. The van der Waals surface area contributed by atoms with E-state index in [9.17, 15) is 0 Å². The summed E-state index contributed by atoms with van der Waals surface area (Å²) >= 11 is 0. The van der Waals surface area contributed by atoms with Crippen LogP contribution in [0, 0.1) is 6.92 Å². The highest BCUT2D eigenvalue weighted by molar-refractivity contribution is 5.73. The van der Waals surface area contributed by atoms with E-state index < -0.39 is 0 Å². The van der Waals surface area contributed by atoms with Gasteiger partial charge in [0.2, 0.25) is 0 Å². The van der Waals surface area contributed by atoms with Crippen molar-refractivity contribution in [2.75, 3.05) is 18.0 Å². The number of hydrogen-bond donors (Lipinski definition) is 0. The minimum Gasteiger partial charge on any atom is -0.356 e. The molecule has 31 heavy (non-hydrogen) atoms. The Bertz CT molecular complexity index is 1160. The van der Waals surface area contributed by atoms with Crippen molar-refractivity contribution in [2.45, 2.75) is 26.2 Å². The first-order chi connectivity index (χ1) is 15.3. The van der Waals surface area contributed by atoms with Gasteiger partial charge in [-0.05, 0) is 37.8 Å². The van der Waals surface area contributed by atoms with E-state index in [-0.39, 0.29) is 0 Å². The van der Waals surface area contributed by atoms with Crippen LogP contribution in [0.2, 0.25) is 0 Å². The molecule has 1 saturated heterocycles. The van der Waals surface area contributed by atoms with Crippen LogP contribution in [-0.2, 0) is 0 Å². The van der Waals surface area contributed by atoms with Crippen molar-refractivity contribution in [1.82, 2.24) is 15.0 Å². The Morgan fingerprint density at radius 2 is 1.42 bits per heavy atom. The molecule has 0 atom stereocenters. The van der Waals surface area contributed by atoms with E-state index in [0.29, 0.717) is 0 Å². The zero-order chi connectivity index (χ0) is 21.0. The molecule has 0 unspecified atom stereocenters. The Morgan fingerprint density at radius 1 is 0.677 bits per heavy atom. The first-order valence-corrected chi connectivity index (χ1v) is 11.0. The molecule has 0 spiro atoms. The number of nitrogens with zero attached hydrogens (tertiary/aromatic N) is 4. The van der Waals surface area contributed by atoms with E-state index >= 15 is 0 Å². The summed E-state index contributed by atoms with van der Waals surface area (Å²) in [7, 11) is 0.